The Balaban J connectivity index is 1.30. The Morgan fingerprint density at radius 1 is 1.06 bits per heavy atom. The minimum Gasteiger partial charge on any atom is -0.397 e. The number of nitrogens with zero attached hydrogens (tertiary/aromatic N) is 4. The smallest absolute Gasteiger partial charge is 0.251 e. The molecule has 0 atom stereocenters. The topological polar surface area (TPSA) is 98.2 Å². The lowest BCUT2D eigenvalue weighted by atomic mass is 10.0. The van der Waals surface area contributed by atoms with Crippen LogP contribution in [0.5, 0.6) is 0 Å². The number of hydrogen-bond donors (Lipinski definition) is 2. The highest BCUT2D eigenvalue weighted by atomic mass is 35.5. The number of rotatable bonds is 5. The second kappa shape index (κ2) is 8.28. The molecule has 1 amide bonds. The lowest BCUT2D eigenvalue weighted by Gasteiger charge is -2.09. The van der Waals surface area contributed by atoms with E-state index in [4.69, 9.17) is 17.3 Å². The number of fused-ring (bicyclic) bond motifs is 2. The van der Waals surface area contributed by atoms with Crippen molar-refractivity contribution >= 4 is 39.6 Å². The summed E-state index contributed by atoms with van der Waals surface area (Å²) in [4.78, 5) is 25.6. The highest BCUT2D eigenvalue weighted by Crippen LogP contribution is 2.20. The minimum atomic E-state index is -0.174. The zero-order valence-corrected chi connectivity index (χ0v) is 17.8. The minimum absolute atomic E-state index is 0.174. The van der Waals surface area contributed by atoms with Gasteiger partial charge in [-0.1, -0.05) is 17.7 Å². The molecule has 4 aromatic heterocycles. The Bertz CT molecular complexity index is 1460. The van der Waals surface area contributed by atoms with Gasteiger partial charge in [-0.25, -0.2) is 4.98 Å². The lowest BCUT2D eigenvalue weighted by Crippen LogP contribution is -2.23. The average molecular weight is 443 g/mol. The molecule has 0 aliphatic heterocycles. The summed E-state index contributed by atoms with van der Waals surface area (Å²) in [6.07, 6.45) is 9.17. The molecule has 5 aromatic rings. The molecular weight excluding hydrogens is 424 g/mol. The molecule has 32 heavy (non-hydrogen) atoms. The van der Waals surface area contributed by atoms with Gasteiger partial charge in [-0.2, -0.15) is 0 Å². The summed E-state index contributed by atoms with van der Waals surface area (Å²) in [7, 11) is 0. The van der Waals surface area contributed by atoms with Crippen LogP contribution in [0.3, 0.4) is 0 Å². The van der Waals surface area contributed by atoms with Crippen LogP contribution in [-0.2, 0) is 13.0 Å². The Morgan fingerprint density at radius 3 is 2.88 bits per heavy atom. The van der Waals surface area contributed by atoms with E-state index in [0.717, 1.165) is 33.2 Å². The van der Waals surface area contributed by atoms with E-state index in [1.165, 1.54) is 0 Å². The van der Waals surface area contributed by atoms with Crippen LogP contribution in [0.15, 0.2) is 73.6 Å². The molecule has 0 bridgehead atoms. The summed E-state index contributed by atoms with van der Waals surface area (Å²) in [5.74, 6) is -0.174. The van der Waals surface area contributed by atoms with Gasteiger partial charge in [0.25, 0.3) is 5.91 Å². The van der Waals surface area contributed by atoms with E-state index in [1.54, 1.807) is 31.0 Å². The van der Waals surface area contributed by atoms with Crippen LogP contribution >= 0.6 is 11.6 Å². The van der Waals surface area contributed by atoms with Gasteiger partial charge in [0.2, 0.25) is 0 Å². The molecule has 0 saturated carbocycles. The molecule has 0 aliphatic carbocycles. The van der Waals surface area contributed by atoms with Crippen molar-refractivity contribution in [3.8, 4) is 0 Å². The van der Waals surface area contributed by atoms with Gasteiger partial charge >= 0.3 is 0 Å². The van der Waals surface area contributed by atoms with E-state index in [0.29, 0.717) is 29.2 Å². The maximum absolute atomic E-state index is 12.7. The molecule has 5 rings (SSSR count). The van der Waals surface area contributed by atoms with Crippen LogP contribution in [0.4, 0.5) is 5.69 Å². The van der Waals surface area contributed by atoms with Gasteiger partial charge in [0.15, 0.2) is 0 Å². The van der Waals surface area contributed by atoms with Crippen LogP contribution in [0.1, 0.15) is 27.2 Å². The van der Waals surface area contributed by atoms with E-state index in [-0.39, 0.29) is 5.91 Å². The first-order valence-electron chi connectivity index (χ1n) is 10.0. The summed E-state index contributed by atoms with van der Waals surface area (Å²) in [6.45, 7) is 0.354. The maximum Gasteiger partial charge on any atom is 0.251 e. The molecule has 3 N–H and O–H groups in total. The zero-order valence-electron chi connectivity index (χ0n) is 17.0. The van der Waals surface area contributed by atoms with Gasteiger partial charge in [0.1, 0.15) is 0 Å². The molecule has 0 aliphatic rings. The predicted molar refractivity (Wildman–Crippen MR) is 125 cm³/mol. The lowest BCUT2D eigenvalue weighted by molar-refractivity contribution is 0.0950. The number of nitrogens with two attached hydrogens (primary N) is 1. The molecule has 1 aromatic carbocycles. The van der Waals surface area contributed by atoms with E-state index >= 15 is 0 Å². The third-order valence-electron chi connectivity index (χ3n) is 5.24. The largest absolute Gasteiger partial charge is 0.397 e. The summed E-state index contributed by atoms with van der Waals surface area (Å²) in [5, 5.41) is 4.51. The quantitative estimate of drug-likeness (QED) is 0.428. The molecule has 0 saturated heterocycles. The standard InChI is InChI=1S/C24H19ClN6O/c25-19-8-18-5-15(1-2-22(18)29-11-19)6-20-9-17(3-4-28-20)24(32)30-10-16-7-21(26)23-12-27-14-31(23)13-16/h1-5,7-9,11-14H,6,10,26H2,(H,30,32). The Labute approximate surface area is 188 Å². The van der Waals surface area contributed by atoms with Crippen LogP contribution in [0, 0.1) is 0 Å². The number of anilines is 1. The molecular formula is C24H19ClN6O. The van der Waals surface area contributed by atoms with Gasteiger partial charge in [0.05, 0.1) is 34.3 Å². The number of aromatic nitrogens is 4. The Hall–Kier alpha value is -3.97. The Morgan fingerprint density at radius 2 is 1.97 bits per heavy atom. The van der Waals surface area contributed by atoms with Gasteiger partial charge < -0.3 is 15.5 Å². The van der Waals surface area contributed by atoms with Crippen molar-refractivity contribution in [2.45, 2.75) is 13.0 Å². The first-order valence-corrected chi connectivity index (χ1v) is 10.4. The molecule has 4 heterocycles. The van der Waals surface area contributed by atoms with Gasteiger partial charge in [-0.15, -0.1) is 0 Å². The SMILES string of the molecule is Nc1cc(CNC(=O)c2ccnc(Cc3ccc4ncc(Cl)cc4c3)c2)cn2cncc12. The average Bonchev–Trinajstić information content (AvgIpc) is 3.27. The van der Waals surface area contributed by atoms with Crippen LogP contribution < -0.4 is 11.1 Å². The highest BCUT2D eigenvalue weighted by Gasteiger charge is 2.09. The zero-order chi connectivity index (χ0) is 22.1. The number of carbonyl (C=O) groups is 1. The molecule has 0 spiro atoms. The molecule has 0 fully saturated rings. The van der Waals surface area contributed by atoms with E-state index < -0.39 is 0 Å². The van der Waals surface area contributed by atoms with Crippen LogP contribution in [-0.4, -0.2) is 25.3 Å². The van der Waals surface area contributed by atoms with Crippen molar-refractivity contribution in [3.63, 3.8) is 0 Å². The van der Waals surface area contributed by atoms with E-state index in [2.05, 4.69) is 20.3 Å². The highest BCUT2D eigenvalue weighted by molar-refractivity contribution is 6.31. The van der Waals surface area contributed by atoms with Gasteiger partial charge in [-0.3, -0.25) is 14.8 Å². The number of amides is 1. The first-order chi connectivity index (χ1) is 15.5. The van der Waals surface area contributed by atoms with Crippen molar-refractivity contribution < 1.29 is 4.79 Å². The third kappa shape index (κ3) is 4.10. The van der Waals surface area contributed by atoms with Crippen LogP contribution in [0.25, 0.3) is 16.4 Å². The van der Waals surface area contributed by atoms with E-state index in [1.807, 2.05) is 47.0 Å². The summed E-state index contributed by atoms with van der Waals surface area (Å²) in [6, 6.07) is 13.3. The fourth-order valence-corrected chi connectivity index (χ4v) is 3.86. The van der Waals surface area contributed by atoms with Gasteiger partial charge in [0, 0.05) is 48.2 Å². The fraction of sp³-hybridized carbons (Fsp3) is 0.0833. The van der Waals surface area contributed by atoms with Crippen molar-refractivity contribution in [2.75, 3.05) is 5.73 Å². The number of benzene rings is 1. The van der Waals surface area contributed by atoms with Gasteiger partial charge in [-0.05, 0) is 47.5 Å². The third-order valence-corrected chi connectivity index (χ3v) is 5.44. The molecule has 0 unspecified atom stereocenters. The van der Waals surface area contributed by atoms with Crippen molar-refractivity contribution in [1.82, 2.24) is 24.7 Å². The first kappa shape index (κ1) is 20.0. The summed E-state index contributed by atoms with van der Waals surface area (Å²) < 4.78 is 1.84. The number of imidazole rings is 1. The number of nitrogen functional groups attached to an aromatic ring is 1. The second-order valence-corrected chi connectivity index (χ2v) is 8.00. The number of carbonyl (C=O) groups excluding carboxylic acids is 1. The summed E-state index contributed by atoms with van der Waals surface area (Å²) >= 11 is 6.06. The van der Waals surface area contributed by atoms with Crippen molar-refractivity contribution in [2.24, 2.45) is 0 Å². The van der Waals surface area contributed by atoms with Crippen molar-refractivity contribution in [3.05, 3.63) is 101 Å². The molecule has 7 nitrogen and oxygen atoms in total. The maximum atomic E-state index is 12.7. The monoisotopic (exact) mass is 442 g/mol. The summed E-state index contributed by atoms with van der Waals surface area (Å²) in [5.41, 5.74) is 11.7. The predicted octanol–water partition coefficient (Wildman–Crippen LogP) is 4.03. The molecule has 8 heteroatoms. The second-order valence-electron chi connectivity index (χ2n) is 7.57. The number of hydrogen-bond acceptors (Lipinski definition) is 5. The number of halogens is 1. The number of nitrogens with one attached hydrogen (secondary N) is 1. The van der Waals surface area contributed by atoms with Crippen LogP contribution in [0.2, 0.25) is 5.02 Å². The number of pyridine rings is 3. The fourth-order valence-electron chi connectivity index (χ4n) is 3.69. The van der Waals surface area contributed by atoms with Crippen molar-refractivity contribution in [1.29, 1.82) is 0 Å². The molecule has 0 radical (unpaired) electrons. The molecule has 158 valence electrons. The van der Waals surface area contributed by atoms with E-state index in [9.17, 15) is 4.79 Å². The Kier molecular flexibility index (Phi) is 5.17. The normalized spacial score (nSPS) is 11.2.